The number of benzene rings is 2. The van der Waals surface area contributed by atoms with Crippen molar-refractivity contribution in [3.8, 4) is 0 Å². The topological polar surface area (TPSA) is 32.3 Å². The van der Waals surface area contributed by atoms with Crippen molar-refractivity contribution >= 4 is 5.69 Å². The van der Waals surface area contributed by atoms with E-state index in [2.05, 4.69) is 36.5 Å². The zero-order valence-electron chi connectivity index (χ0n) is 10.7. The molecule has 0 saturated carbocycles. The summed E-state index contributed by atoms with van der Waals surface area (Å²) < 4.78 is 0. The number of hydrogen-bond acceptors (Lipinski definition) is 2. The van der Waals surface area contributed by atoms with Gasteiger partial charge in [-0.1, -0.05) is 49.4 Å². The highest BCUT2D eigenvalue weighted by atomic mass is 16.3. The van der Waals surface area contributed by atoms with Crippen molar-refractivity contribution in [3.05, 3.63) is 65.2 Å². The van der Waals surface area contributed by atoms with Gasteiger partial charge in [0.1, 0.15) is 0 Å². The normalized spacial score (nSPS) is 10.3. The molecule has 2 rings (SSSR count). The molecule has 0 amide bonds. The van der Waals surface area contributed by atoms with Crippen LogP contribution >= 0.6 is 0 Å². The number of aliphatic hydroxyl groups excluding tert-OH is 1. The molecule has 94 valence electrons. The maximum Gasteiger partial charge on any atom is 0.0681 e. The molecule has 2 aromatic rings. The summed E-state index contributed by atoms with van der Waals surface area (Å²) in [7, 11) is 0. The number of aliphatic hydroxyl groups is 1. The molecular weight excluding hydrogens is 222 g/mol. The van der Waals surface area contributed by atoms with Gasteiger partial charge in [-0.05, 0) is 29.2 Å². The molecule has 2 N–H and O–H groups in total. The number of para-hydroxylation sites is 1. The van der Waals surface area contributed by atoms with Crippen LogP contribution in [0.1, 0.15) is 23.6 Å². The quantitative estimate of drug-likeness (QED) is 0.841. The lowest BCUT2D eigenvalue weighted by Crippen LogP contribution is -2.02. The Morgan fingerprint density at radius 3 is 2.28 bits per heavy atom. The van der Waals surface area contributed by atoms with Gasteiger partial charge in [-0.15, -0.1) is 0 Å². The standard InChI is InChI=1S/C16H19NO/c1-2-15-5-3-4-6-16(15)17-11-13-7-9-14(12-18)10-8-13/h3-10,17-18H,2,11-12H2,1H3. The second kappa shape index (κ2) is 6.22. The summed E-state index contributed by atoms with van der Waals surface area (Å²) in [5.41, 5.74) is 4.71. The minimum Gasteiger partial charge on any atom is -0.392 e. The fourth-order valence-corrected chi connectivity index (χ4v) is 1.96. The maximum absolute atomic E-state index is 8.99. The molecule has 2 nitrogen and oxygen atoms in total. The van der Waals surface area contributed by atoms with Gasteiger partial charge in [0.2, 0.25) is 0 Å². The van der Waals surface area contributed by atoms with E-state index in [-0.39, 0.29) is 6.61 Å². The first-order valence-electron chi connectivity index (χ1n) is 6.34. The predicted molar refractivity (Wildman–Crippen MR) is 75.5 cm³/mol. The number of rotatable bonds is 5. The Balaban J connectivity index is 2.02. The van der Waals surface area contributed by atoms with Gasteiger partial charge in [-0.3, -0.25) is 0 Å². The second-order valence-corrected chi connectivity index (χ2v) is 4.34. The molecule has 0 bridgehead atoms. The van der Waals surface area contributed by atoms with Gasteiger partial charge >= 0.3 is 0 Å². The van der Waals surface area contributed by atoms with E-state index < -0.39 is 0 Å². The largest absolute Gasteiger partial charge is 0.392 e. The van der Waals surface area contributed by atoms with Crippen LogP contribution in [0, 0.1) is 0 Å². The van der Waals surface area contributed by atoms with Crippen molar-refractivity contribution in [2.24, 2.45) is 0 Å². The zero-order valence-corrected chi connectivity index (χ0v) is 10.7. The average molecular weight is 241 g/mol. The monoisotopic (exact) mass is 241 g/mol. The molecule has 0 spiro atoms. The Bertz CT molecular complexity index is 491. The van der Waals surface area contributed by atoms with Crippen LogP contribution in [0.25, 0.3) is 0 Å². The third-order valence-corrected chi connectivity index (χ3v) is 3.09. The van der Waals surface area contributed by atoms with E-state index in [0.717, 1.165) is 18.5 Å². The first kappa shape index (κ1) is 12.7. The van der Waals surface area contributed by atoms with E-state index >= 15 is 0 Å². The molecule has 0 aliphatic carbocycles. The summed E-state index contributed by atoms with van der Waals surface area (Å²) in [5, 5.41) is 12.4. The molecule has 2 heteroatoms. The molecule has 0 radical (unpaired) electrons. The lowest BCUT2D eigenvalue weighted by molar-refractivity contribution is 0.282. The van der Waals surface area contributed by atoms with Crippen LogP contribution in [0.5, 0.6) is 0 Å². The minimum absolute atomic E-state index is 0.104. The van der Waals surface area contributed by atoms with Crippen molar-refractivity contribution in [2.45, 2.75) is 26.5 Å². The summed E-state index contributed by atoms with van der Waals surface area (Å²) in [6, 6.07) is 16.4. The van der Waals surface area contributed by atoms with Crippen LogP contribution in [-0.2, 0) is 19.6 Å². The lowest BCUT2D eigenvalue weighted by atomic mass is 10.1. The summed E-state index contributed by atoms with van der Waals surface area (Å²) in [6.45, 7) is 3.08. The Morgan fingerprint density at radius 2 is 1.61 bits per heavy atom. The van der Waals surface area contributed by atoms with Crippen LogP contribution in [0.2, 0.25) is 0 Å². The molecule has 0 aliphatic rings. The minimum atomic E-state index is 0.104. The van der Waals surface area contributed by atoms with Crippen molar-refractivity contribution in [1.82, 2.24) is 0 Å². The zero-order chi connectivity index (χ0) is 12.8. The number of anilines is 1. The van der Waals surface area contributed by atoms with E-state index in [9.17, 15) is 0 Å². The average Bonchev–Trinajstić information content (AvgIpc) is 2.46. The lowest BCUT2D eigenvalue weighted by Gasteiger charge is -2.11. The molecular formula is C16H19NO. The van der Waals surface area contributed by atoms with Gasteiger partial charge in [0.15, 0.2) is 0 Å². The highest BCUT2D eigenvalue weighted by Crippen LogP contribution is 2.16. The SMILES string of the molecule is CCc1ccccc1NCc1ccc(CO)cc1. The van der Waals surface area contributed by atoms with Crippen molar-refractivity contribution in [3.63, 3.8) is 0 Å². The summed E-state index contributed by atoms with van der Waals surface area (Å²) in [6.07, 6.45) is 1.03. The Labute approximate surface area is 108 Å². The van der Waals surface area contributed by atoms with Crippen LogP contribution in [-0.4, -0.2) is 5.11 Å². The molecule has 0 unspecified atom stereocenters. The number of aryl methyl sites for hydroxylation is 1. The predicted octanol–water partition coefficient (Wildman–Crippen LogP) is 3.35. The van der Waals surface area contributed by atoms with Crippen LogP contribution < -0.4 is 5.32 Å². The van der Waals surface area contributed by atoms with Gasteiger partial charge in [0.25, 0.3) is 0 Å². The van der Waals surface area contributed by atoms with Crippen molar-refractivity contribution in [2.75, 3.05) is 5.32 Å². The molecule has 0 aliphatic heterocycles. The van der Waals surface area contributed by atoms with Gasteiger partial charge in [-0.25, -0.2) is 0 Å². The highest BCUT2D eigenvalue weighted by molar-refractivity contribution is 5.51. The maximum atomic E-state index is 8.99. The van der Waals surface area contributed by atoms with Crippen LogP contribution in [0.4, 0.5) is 5.69 Å². The number of nitrogens with one attached hydrogen (secondary N) is 1. The first-order valence-corrected chi connectivity index (χ1v) is 6.34. The summed E-state index contributed by atoms with van der Waals surface area (Å²) >= 11 is 0. The molecule has 0 atom stereocenters. The third kappa shape index (κ3) is 3.11. The molecule has 0 heterocycles. The Hall–Kier alpha value is -1.80. The van der Waals surface area contributed by atoms with Gasteiger partial charge in [-0.2, -0.15) is 0 Å². The Kier molecular flexibility index (Phi) is 4.37. The molecule has 0 saturated heterocycles. The van der Waals surface area contributed by atoms with E-state index in [1.54, 1.807) is 0 Å². The molecule has 0 fully saturated rings. The van der Waals surface area contributed by atoms with E-state index in [0.29, 0.717) is 0 Å². The van der Waals surface area contributed by atoms with Gasteiger partial charge in [0.05, 0.1) is 6.61 Å². The van der Waals surface area contributed by atoms with Crippen molar-refractivity contribution in [1.29, 1.82) is 0 Å². The van der Waals surface area contributed by atoms with Crippen molar-refractivity contribution < 1.29 is 5.11 Å². The van der Waals surface area contributed by atoms with E-state index in [1.807, 2.05) is 24.3 Å². The fourth-order valence-electron chi connectivity index (χ4n) is 1.96. The third-order valence-electron chi connectivity index (χ3n) is 3.09. The van der Waals surface area contributed by atoms with Gasteiger partial charge in [0, 0.05) is 12.2 Å². The highest BCUT2D eigenvalue weighted by Gasteiger charge is 1.99. The summed E-state index contributed by atoms with van der Waals surface area (Å²) in [5.74, 6) is 0. The van der Waals surface area contributed by atoms with Gasteiger partial charge < -0.3 is 10.4 Å². The second-order valence-electron chi connectivity index (χ2n) is 4.34. The molecule has 2 aromatic carbocycles. The smallest absolute Gasteiger partial charge is 0.0681 e. The van der Waals surface area contributed by atoms with Crippen LogP contribution in [0.15, 0.2) is 48.5 Å². The fraction of sp³-hybridized carbons (Fsp3) is 0.250. The van der Waals surface area contributed by atoms with Crippen LogP contribution in [0.3, 0.4) is 0 Å². The first-order chi connectivity index (χ1) is 8.83. The number of hydrogen-bond donors (Lipinski definition) is 2. The Morgan fingerprint density at radius 1 is 0.944 bits per heavy atom. The van der Waals surface area contributed by atoms with E-state index in [4.69, 9.17) is 5.11 Å². The summed E-state index contributed by atoms with van der Waals surface area (Å²) in [4.78, 5) is 0. The molecule has 0 aromatic heterocycles. The van der Waals surface area contributed by atoms with E-state index in [1.165, 1.54) is 16.8 Å². The molecule has 18 heavy (non-hydrogen) atoms.